The molecule has 0 aliphatic heterocycles. The smallest absolute Gasteiger partial charge is 0.513 e. The number of hydrogen-bond acceptors (Lipinski definition) is 5. The largest absolute Gasteiger partial charge is 1.00 e. The standard InChI is InChI=1S/C13H10F3N3O4S2.BrH/c14-13(15,16)25(22,23)18-17-12(21)9-3-1-5-19(7-9)8-10(20)11-4-2-6-24-11;/h1-7,18H,8H2;1H. The van der Waals surface area contributed by atoms with Crippen molar-refractivity contribution in [1.29, 1.82) is 0 Å². The highest BCUT2D eigenvalue weighted by Gasteiger charge is 2.46. The molecule has 0 saturated carbocycles. The third-order valence-corrected chi connectivity index (χ3v) is 4.74. The molecule has 0 radical (unpaired) electrons. The van der Waals surface area contributed by atoms with Gasteiger partial charge in [-0.25, -0.2) is 8.42 Å². The zero-order chi connectivity index (χ0) is 18.7. The molecule has 13 heteroatoms. The molecule has 0 bridgehead atoms. The number of sulfonamides is 1. The zero-order valence-electron chi connectivity index (χ0n) is 12.7. The van der Waals surface area contributed by atoms with E-state index in [2.05, 4.69) is 0 Å². The Hall–Kier alpha value is -1.83. The van der Waals surface area contributed by atoms with Crippen LogP contribution >= 0.6 is 11.3 Å². The topological polar surface area (TPSA) is 96.2 Å². The van der Waals surface area contributed by atoms with Gasteiger partial charge in [0.2, 0.25) is 12.3 Å². The highest BCUT2D eigenvalue weighted by molar-refractivity contribution is 7.90. The van der Waals surface area contributed by atoms with Gasteiger partial charge >= 0.3 is 15.5 Å². The number of thiophene rings is 1. The maximum atomic E-state index is 12.2. The number of hydrogen-bond donors (Lipinski definition) is 2. The number of nitrogens with zero attached hydrogens (tertiary/aromatic N) is 1. The van der Waals surface area contributed by atoms with Crippen molar-refractivity contribution in [2.24, 2.45) is 0 Å². The van der Waals surface area contributed by atoms with Gasteiger partial charge in [-0.15, -0.1) is 16.2 Å². The van der Waals surface area contributed by atoms with Crippen LogP contribution in [0, 0.1) is 0 Å². The maximum Gasteiger partial charge on any atom is 0.513 e. The van der Waals surface area contributed by atoms with Gasteiger partial charge in [0.15, 0.2) is 12.4 Å². The second-order valence-corrected chi connectivity index (χ2v) is 7.29. The molecule has 7 nitrogen and oxygen atoms in total. The van der Waals surface area contributed by atoms with Gasteiger partial charge < -0.3 is 17.0 Å². The van der Waals surface area contributed by atoms with Crippen LogP contribution in [-0.4, -0.2) is 25.6 Å². The third-order valence-electron chi connectivity index (χ3n) is 2.85. The van der Waals surface area contributed by atoms with E-state index in [1.165, 1.54) is 45.9 Å². The van der Waals surface area contributed by atoms with E-state index in [9.17, 15) is 31.2 Å². The lowest BCUT2D eigenvalue weighted by Crippen LogP contribution is -3.00. The Morgan fingerprint density at radius 1 is 1.19 bits per heavy atom. The summed E-state index contributed by atoms with van der Waals surface area (Å²) >= 11 is 1.25. The summed E-state index contributed by atoms with van der Waals surface area (Å²) in [6, 6.07) is 5.99. The Kier molecular flexibility index (Phi) is 7.44. The Labute approximate surface area is 160 Å². The second-order valence-electron chi connectivity index (χ2n) is 4.67. The molecule has 2 aromatic rings. The number of amides is 1. The summed E-state index contributed by atoms with van der Waals surface area (Å²) in [6.07, 6.45) is 2.70. The molecule has 0 unspecified atom stereocenters. The predicted octanol–water partition coefficient (Wildman–Crippen LogP) is -1.99. The minimum atomic E-state index is -5.70. The van der Waals surface area contributed by atoms with Crippen LogP contribution in [0.2, 0.25) is 0 Å². The Morgan fingerprint density at radius 2 is 1.88 bits per heavy atom. The molecule has 2 rings (SSSR count). The normalized spacial score (nSPS) is 11.5. The molecule has 2 N–H and O–H groups in total. The van der Waals surface area contributed by atoms with Crippen LogP contribution in [0.5, 0.6) is 0 Å². The molecule has 0 saturated heterocycles. The zero-order valence-corrected chi connectivity index (χ0v) is 15.9. The molecule has 142 valence electrons. The Bertz CT molecular complexity index is 886. The maximum absolute atomic E-state index is 12.2. The first-order chi connectivity index (χ1) is 11.6. The average Bonchev–Trinajstić information content (AvgIpc) is 3.06. The Balaban J connectivity index is 0.00000338. The van der Waals surface area contributed by atoms with Gasteiger partial charge in [0.1, 0.15) is 5.56 Å². The van der Waals surface area contributed by atoms with Crippen molar-refractivity contribution in [2.45, 2.75) is 12.1 Å². The number of aromatic nitrogens is 1. The third kappa shape index (κ3) is 5.59. The summed E-state index contributed by atoms with van der Waals surface area (Å²) in [5.41, 5.74) is -4.22. The average molecular weight is 474 g/mol. The molecule has 0 spiro atoms. The number of Topliss-reactive ketones (excluding diaryl/α,β-unsaturated/α-hetero) is 1. The first-order valence-corrected chi connectivity index (χ1v) is 8.90. The summed E-state index contributed by atoms with van der Waals surface area (Å²) in [5.74, 6) is -1.32. The highest BCUT2D eigenvalue weighted by Crippen LogP contribution is 2.20. The van der Waals surface area contributed by atoms with Gasteiger partial charge in [0, 0.05) is 6.07 Å². The highest BCUT2D eigenvalue weighted by atomic mass is 79.9. The number of ketones is 1. The number of pyridine rings is 1. The molecule has 0 aliphatic rings. The number of alkyl halides is 3. The summed E-state index contributed by atoms with van der Waals surface area (Å²) in [6.45, 7) is -0.0874. The first-order valence-electron chi connectivity index (χ1n) is 6.54. The van der Waals surface area contributed by atoms with Gasteiger partial charge in [-0.05, 0) is 17.5 Å². The number of nitrogens with one attached hydrogen (secondary N) is 2. The van der Waals surface area contributed by atoms with E-state index in [0.29, 0.717) is 4.88 Å². The molecule has 1 amide bonds. The van der Waals surface area contributed by atoms with Crippen molar-refractivity contribution < 1.29 is 52.7 Å². The van der Waals surface area contributed by atoms with Crippen molar-refractivity contribution in [3.8, 4) is 0 Å². The molecule has 0 atom stereocenters. The summed E-state index contributed by atoms with van der Waals surface area (Å²) in [4.78, 5) is 25.2. The van der Waals surface area contributed by atoms with Crippen molar-refractivity contribution in [3.05, 3.63) is 52.5 Å². The van der Waals surface area contributed by atoms with E-state index in [1.807, 2.05) is 0 Å². The molecule has 0 aromatic carbocycles. The lowest BCUT2D eigenvalue weighted by molar-refractivity contribution is -0.683. The summed E-state index contributed by atoms with van der Waals surface area (Å²) < 4.78 is 59.6. The molecular weight excluding hydrogens is 463 g/mol. The lowest BCUT2D eigenvalue weighted by atomic mass is 10.2. The fraction of sp³-hybridized carbons (Fsp3) is 0.154. The molecule has 2 aromatic heterocycles. The lowest BCUT2D eigenvalue weighted by Gasteiger charge is -2.10. The van der Waals surface area contributed by atoms with E-state index < -0.39 is 21.4 Å². The van der Waals surface area contributed by atoms with E-state index in [-0.39, 0.29) is 34.9 Å². The van der Waals surface area contributed by atoms with E-state index in [4.69, 9.17) is 0 Å². The van der Waals surface area contributed by atoms with Crippen molar-refractivity contribution >= 4 is 33.1 Å². The molecule has 26 heavy (non-hydrogen) atoms. The van der Waals surface area contributed by atoms with Crippen LogP contribution in [0.4, 0.5) is 13.2 Å². The van der Waals surface area contributed by atoms with Crippen LogP contribution in [0.15, 0.2) is 42.0 Å². The molecule has 0 aliphatic carbocycles. The monoisotopic (exact) mass is 473 g/mol. The van der Waals surface area contributed by atoms with Gasteiger partial charge in [-0.3, -0.25) is 15.0 Å². The van der Waals surface area contributed by atoms with Crippen LogP contribution in [-0.2, 0) is 16.6 Å². The fourth-order valence-electron chi connectivity index (χ4n) is 1.68. The van der Waals surface area contributed by atoms with E-state index in [0.717, 1.165) is 4.83 Å². The van der Waals surface area contributed by atoms with Crippen LogP contribution in [0.3, 0.4) is 0 Å². The number of rotatable bonds is 6. The summed E-state index contributed by atoms with van der Waals surface area (Å²) in [5, 5.41) is 1.73. The van der Waals surface area contributed by atoms with Gasteiger partial charge in [-0.1, -0.05) is 6.07 Å². The number of hydrazine groups is 1. The number of halogens is 4. The number of carbonyl (C=O) groups is 2. The van der Waals surface area contributed by atoms with E-state index >= 15 is 0 Å². The first kappa shape index (κ1) is 22.2. The Morgan fingerprint density at radius 3 is 2.46 bits per heavy atom. The van der Waals surface area contributed by atoms with Gasteiger partial charge in [0.05, 0.1) is 4.88 Å². The van der Waals surface area contributed by atoms with Gasteiger partial charge in [-0.2, -0.15) is 17.7 Å². The minimum absolute atomic E-state index is 0. The quantitative estimate of drug-likeness (QED) is 0.288. The second kappa shape index (κ2) is 8.70. The fourth-order valence-corrected chi connectivity index (χ4v) is 2.68. The van der Waals surface area contributed by atoms with Crippen LogP contribution < -0.4 is 31.8 Å². The molecule has 0 fully saturated rings. The van der Waals surface area contributed by atoms with Gasteiger partial charge in [0.25, 0.3) is 5.91 Å². The van der Waals surface area contributed by atoms with Crippen molar-refractivity contribution in [2.75, 3.05) is 0 Å². The van der Waals surface area contributed by atoms with E-state index in [1.54, 1.807) is 17.5 Å². The van der Waals surface area contributed by atoms with Crippen molar-refractivity contribution in [3.63, 3.8) is 0 Å². The SMILES string of the molecule is O=C(NNS(=O)(=O)C(F)(F)F)c1ccc[n+](CC(=O)c2cccs2)c1.[Br-]. The minimum Gasteiger partial charge on any atom is -1.00 e. The van der Waals surface area contributed by atoms with Crippen molar-refractivity contribution in [1.82, 2.24) is 10.3 Å². The van der Waals surface area contributed by atoms with Crippen LogP contribution in [0.1, 0.15) is 20.0 Å². The van der Waals surface area contributed by atoms with Crippen LogP contribution in [0.25, 0.3) is 0 Å². The number of carbonyl (C=O) groups excluding carboxylic acids is 2. The predicted molar refractivity (Wildman–Crippen MR) is 80.9 cm³/mol. The summed E-state index contributed by atoms with van der Waals surface area (Å²) in [7, 11) is -5.70. The molecular formula is C13H11BrF3N3O4S2. The molecule has 2 heterocycles.